The maximum atomic E-state index is 12.7. The summed E-state index contributed by atoms with van der Waals surface area (Å²) in [5, 5.41) is 12.1. The fraction of sp³-hybridized carbons (Fsp3) is 0.250. The highest BCUT2D eigenvalue weighted by Gasteiger charge is 2.24. The molecule has 2 aromatic heterocycles. The molecule has 0 aliphatic carbocycles. The van der Waals surface area contributed by atoms with Crippen LogP contribution in [-0.2, 0) is 11.3 Å². The molecule has 1 aromatic carbocycles. The van der Waals surface area contributed by atoms with Crippen LogP contribution in [0.4, 0.5) is 5.00 Å². The third kappa shape index (κ3) is 5.35. The standard InChI is InChI=1S/C20H21ClN4O2S2/c1-3-27-19(26)17-16(14-7-5-4-6-8-14)13(2)29-18(17)24-20(28)22-9-10-25-12-15(21)11-23-25/h4-8,11-12H,3,9-10H2,1-2H3,(H2,22,24,28). The molecule has 3 aromatic rings. The van der Waals surface area contributed by atoms with Gasteiger partial charge in [-0.05, 0) is 31.6 Å². The maximum Gasteiger partial charge on any atom is 0.341 e. The van der Waals surface area contributed by atoms with Gasteiger partial charge in [-0.2, -0.15) is 5.10 Å². The molecule has 0 fully saturated rings. The van der Waals surface area contributed by atoms with Crippen LogP contribution in [-0.4, -0.2) is 34.0 Å². The number of benzene rings is 1. The SMILES string of the molecule is CCOC(=O)c1c(NC(=S)NCCn2cc(Cl)cn2)sc(C)c1-c1ccccc1. The summed E-state index contributed by atoms with van der Waals surface area (Å²) in [6.07, 6.45) is 3.33. The molecule has 2 N–H and O–H groups in total. The molecule has 9 heteroatoms. The minimum atomic E-state index is -0.368. The zero-order valence-corrected chi connectivity index (χ0v) is 18.5. The van der Waals surface area contributed by atoms with Gasteiger partial charge in [0.25, 0.3) is 0 Å². The number of aromatic nitrogens is 2. The Morgan fingerprint density at radius 3 is 2.76 bits per heavy atom. The van der Waals surface area contributed by atoms with Crippen molar-refractivity contribution in [2.45, 2.75) is 20.4 Å². The van der Waals surface area contributed by atoms with Gasteiger partial charge < -0.3 is 15.4 Å². The number of thiophene rings is 1. The van der Waals surface area contributed by atoms with Gasteiger partial charge in [-0.15, -0.1) is 11.3 Å². The number of carbonyl (C=O) groups is 1. The molecule has 0 saturated carbocycles. The Morgan fingerprint density at radius 2 is 2.10 bits per heavy atom. The van der Waals surface area contributed by atoms with Crippen LogP contribution in [0.5, 0.6) is 0 Å². The van der Waals surface area contributed by atoms with Gasteiger partial charge >= 0.3 is 5.97 Å². The summed E-state index contributed by atoms with van der Waals surface area (Å²) in [7, 11) is 0. The summed E-state index contributed by atoms with van der Waals surface area (Å²) < 4.78 is 7.03. The van der Waals surface area contributed by atoms with Gasteiger partial charge in [-0.1, -0.05) is 41.9 Å². The average Bonchev–Trinajstić information content (AvgIpc) is 3.25. The summed E-state index contributed by atoms with van der Waals surface area (Å²) in [5.41, 5.74) is 2.33. The zero-order chi connectivity index (χ0) is 20.8. The number of aryl methyl sites for hydroxylation is 1. The first-order chi connectivity index (χ1) is 14.0. The Balaban J connectivity index is 1.77. The highest BCUT2D eigenvalue weighted by atomic mass is 35.5. The zero-order valence-electron chi connectivity index (χ0n) is 16.1. The smallest absolute Gasteiger partial charge is 0.341 e. The van der Waals surface area contributed by atoms with E-state index in [-0.39, 0.29) is 5.97 Å². The van der Waals surface area contributed by atoms with Gasteiger partial charge in [0, 0.05) is 23.2 Å². The molecule has 0 atom stereocenters. The number of nitrogens with zero attached hydrogens (tertiary/aromatic N) is 2. The van der Waals surface area contributed by atoms with E-state index in [2.05, 4.69) is 15.7 Å². The molecule has 152 valence electrons. The lowest BCUT2D eigenvalue weighted by molar-refractivity contribution is 0.0529. The average molecular weight is 449 g/mol. The largest absolute Gasteiger partial charge is 0.462 e. The van der Waals surface area contributed by atoms with Crippen LogP contribution in [0.3, 0.4) is 0 Å². The molecule has 2 heterocycles. The highest BCUT2D eigenvalue weighted by Crippen LogP contribution is 2.40. The summed E-state index contributed by atoms with van der Waals surface area (Å²) >= 11 is 12.8. The fourth-order valence-electron chi connectivity index (χ4n) is 2.88. The number of anilines is 1. The van der Waals surface area contributed by atoms with Crippen LogP contribution in [0.25, 0.3) is 11.1 Å². The van der Waals surface area contributed by atoms with Crippen LogP contribution < -0.4 is 10.6 Å². The molecule has 0 aliphatic heterocycles. The van der Waals surface area contributed by atoms with Crippen molar-refractivity contribution < 1.29 is 9.53 Å². The second-order valence-corrected chi connectivity index (χ2v) is 8.20. The van der Waals surface area contributed by atoms with E-state index in [4.69, 9.17) is 28.6 Å². The van der Waals surface area contributed by atoms with Gasteiger partial charge in [-0.3, -0.25) is 4.68 Å². The third-order valence-electron chi connectivity index (χ3n) is 4.08. The highest BCUT2D eigenvalue weighted by molar-refractivity contribution is 7.80. The fourth-order valence-corrected chi connectivity index (χ4v) is 4.37. The molecule has 0 bridgehead atoms. The van der Waals surface area contributed by atoms with Crippen molar-refractivity contribution >= 4 is 51.2 Å². The molecule has 0 saturated heterocycles. The number of hydrogen-bond acceptors (Lipinski definition) is 5. The van der Waals surface area contributed by atoms with Crippen LogP contribution in [0, 0.1) is 6.92 Å². The number of hydrogen-bond donors (Lipinski definition) is 2. The lowest BCUT2D eigenvalue weighted by Crippen LogP contribution is -2.31. The first-order valence-electron chi connectivity index (χ1n) is 9.08. The first-order valence-corrected chi connectivity index (χ1v) is 10.7. The van der Waals surface area contributed by atoms with Gasteiger partial charge in [0.2, 0.25) is 0 Å². The lowest BCUT2D eigenvalue weighted by Gasteiger charge is -2.12. The van der Waals surface area contributed by atoms with Crippen molar-refractivity contribution in [1.29, 1.82) is 0 Å². The number of ether oxygens (including phenoxy) is 1. The Labute approximate surface area is 183 Å². The van der Waals surface area contributed by atoms with E-state index in [1.165, 1.54) is 11.3 Å². The molecular weight excluding hydrogens is 428 g/mol. The van der Waals surface area contributed by atoms with Crippen molar-refractivity contribution in [3.63, 3.8) is 0 Å². The Kier molecular flexibility index (Phi) is 7.24. The van der Waals surface area contributed by atoms with Crippen LogP contribution in [0.1, 0.15) is 22.2 Å². The van der Waals surface area contributed by atoms with Crippen molar-refractivity contribution in [2.75, 3.05) is 18.5 Å². The van der Waals surface area contributed by atoms with E-state index in [1.807, 2.05) is 37.3 Å². The molecule has 0 radical (unpaired) electrons. The number of halogens is 1. The molecule has 0 unspecified atom stereocenters. The minimum absolute atomic E-state index is 0.302. The Bertz CT molecular complexity index is 1000. The normalized spacial score (nSPS) is 10.6. The van der Waals surface area contributed by atoms with E-state index in [0.29, 0.717) is 40.4 Å². The van der Waals surface area contributed by atoms with Gasteiger partial charge in [0.05, 0.1) is 24.4 Å². The summed E-state index contributed by atoms with van der Waals surface area (Å²) in [4.78, 5) is 13.7. The van der Waals surface area contributed by atoms with Crippen LogP contribution >= 0.6 is 35.2 Å². The second-order valence-electron chi connectivity index (χ2n) is 6.13. The van der Waals surface area contributed by atoms with E-state index in [0.717, 1.165) is 16.0 Å². The Morgan fingerprint density at radius 1 is 1.34 bits per heavy atom. The van der Waals surface area contributed by atoms with Gasteiger partial charge in [0.15, 0.2) is 5.11 Å². The number of nitrogens with one attached hydrogen (secondary N) is 2. The predicted molar refractivity (Wildman–Crippen MR) is 122 cm³/mol. The van der Waals surface area contributed by atoms with E-state index in [1.54, 1.807) is 24.0 Å². The summed E-state index contributed by atoms with van der Waals surface area (Å²) in [6.45, 7) is 5.25. The van der Waals surface area contributed by atoms with Crippen molar-refractivity contribution in [3.05, 3.63) is 58.2 Å². The maximum absolute atomic E-state index is 12.7. The summed E-state index contributed by atoms with van der Waals surface area (Å²) in [5.74, 6) is -0.368. The van der Waals surface area contributed by atoms with Crippen molar-refractivity contribution in [3.8, 4) is 11.1 Å². The van der Waals surface area contributed by atoms with Crippen LogP contribution in [0.2, 0.25) is 5.02 Å². The quantitative estimate of drug-likeness (QED) is 0.402. The Hall–Kier alpha value is -2.42. The summed E-state index contributed by atoms with van der Waals surface area (Å²) in [6, 6.07) is 9.80. The topological polar surface area (TPSA) is 68.2 Å². The second kappa shape index (κ2) is 9.87. The van der Waals surface area contributed by atoms with Crippen molar-refractivity contribution in [1.82, 2.24) is 15.1 Å². The molecule has 6 nitrogen and oxygen atoms in total. The van der Waals surface area contributed by atoms with Gasteiger partial charge in [0.1, 0.15) is 10.6 Å². The number of esters is 1. The number of carbonyl (C=O) groups excluding carboxylic acids is 1. The number of rotatable bonds is 7. The van der Waals surface area contributed by atoms with Gasteiger partial charge in [-0.25, -0.2) is 4.79 Å². The monoisotopic (exact) mass is 448 g/mol. The molecule has 0 amide bonds. The molecule has 3 rings (SSSR count). The van der Waals surface area contributed by atoms with E-state index in [9.17, 15) is 4.79 Å². The molecule has 0 spiro atoms. The third-order valence-corrected chi connectivity index (χ3v) is 5.54. The van der Waals surface area contributed by atoms with Crippen LogP contribution in [0.15, 0.2) is 42.7 Å². The lowest BCUT2D eigenvalue weighted by atomic mass is 10.0. The minimum Gasteiger partial charge on any atom is -0.462 e. The van der Waals surface area contributed by atoms with E-state index >= 15 is 0 Å². The van der Waals surface area contributed by atoms with Crippen molar-refractivity contribution in [2.24, 2.45) is 0 Å². The molecular formula is C20H21ClN4O2S2. The molecule has 29 heavy (non-hydrogen) atoms. The molecule has 0 aliphatic rings. The number of thiocarbonyl (C=S) groups is 1. The predicted octanol–water partition coefficient (Wildman–Crippen LogP) is 4.74. The first kappa shape index (κ1) is 21.3. The van der Waals surface area contributed by atoms with E-state index < -0.39 is 0 Å².